The van der Waals surface area contributed by atoms with E-state index in [1.165, 1.54) is 41.0 Å². The van der Waals surface area contributed by atoms with Gasteiger partial charge in [0, 0.05) is 25.0 Å². The van der Waals surface area contributed by atoms with Gasteiger partial charge >= 0.3 is 0 Å². The molecule has 10 heteroatoms. The molecule has 2 aliphatic rings. The average molecular weight is 441 g/mol. The van der Waals surface area contributed by atoms with E-state index in [0.29, 0.717) is 18.2 Å². The Balaban J connectivity index is 1.44. The number of rotatable bonds is 6. The Morgan fingerprint density at radius 2 is 1.79 bits per heavy atom. The van der Waals surface area contributed by atoms with Crippen LogP contribution < -0.4 is 5.32 Å². The van der Waals surface area contributed by atoms with Crippen molar-refractivity contribution in [3.63, 3.8) is 0 Å². The predicted octanol–water partition coefficient (Wildman–Crippen LogP) is 3.23. The lowest BCUT2D eigenvalue weighted by molar-refractivity contribution is 0.102. The molecule has 0 bridgehead atoms. The van der Waals surface area contributed by atoms with E-state index in [4.69, 9.17) is 0 Å². The minimum Gasteiger partial charge on any atom is -0.297 e. The Morgan fingerprint density at radius 1 is 1.07 bits per heavy atom. The maximum absolute atomic E-state index is 12.8. The summed E-state index contributed by atoms with van der Waals surface area (Å²) in [6.45, 7) is 4.01. The Hall–Kier alpha value is -1.33. The number of aromatic nitrogens is 1. The molecule has 0 saturated carbocycles. The number of nitrogens with one attached hydrogen (secondary N) is 1. The van der Waals surface area contributed by atoms with Crippen LogP contribution in [-0.2, 0) is 16.6 Å². The van der Waals surface area contributed by atoms with Crippen LogP contribution in [0.2, 0.25) is 0 Å². The van der Waals surface area contributed by atoms with Crippen molar-refractivity contribution in [3.05, 3.63) is 27.4 Å². The number of likely N-dealkylation sites (tertiary alicyclic amines) is 1. The Labute approximate surface area is 173 Å². The molecule has 4 rings (SSSR count). The molecule has 2 aliphatic heterocycles. The number of amides is 1. The summed E-state index contributed by atoms with van der Waals surface area (Å²) in [5.74, 6) is -0.411. The minimum absolute atomic E-state index is 0.0991. The second-order valence-corrected chi connectivity index (χ2v) is 10.8. The van der Waals surface area contributed by atoms with Crippen molar-refractivity contribution in [3.8, 4) is 0 Å². The van der Waals surface area contributed by atoms with E-state index in [-0.39, 0.29) is 9.77 Å². The summed E-state index contributed by atoms with van der Waals surface area (Å²) in [4.78, 5) is 19.9. The Bertz CT molecular complexity index is 926. The number of piperidine rings is 1. The van der Waals surface area contributed by atoms with Crippen LogP contribution in [0.1, 0.15) is 47.5 Å². The molecule has 7 nitrogen and oxygen atoms in total. The van der Waals surface area contributed by atoms with Gasteiger partial charge in [-0.15, -0.1) is 22.7 Å². The molecule has 1 amide bonds. The molecule has 2 aromatic rings. The first-order valence-corrected chi connectivity index (χ1v) is 12.8. The molecule has 0 radical (unpaired) electrons. The van der Waals surface area contributed by atoms with Crippen molar-refractivity contribution in [2.24, 2.45) is 0 Å². The van der Waals surface area contributed by atoms with Gasteiger partial charge in [-0.2, -0.15) is 4.31 Å². The highest BCUT2D eigenvalue weighted by Gasteiger charge is 2.32. The first-order chi connectivity index (χ1) is 13.5. The summed E-state index contributed by atoms with van der Waals surface area (Å²) < 4.78 is 27.1. The minimum atomic E-state index is -3.62. The summed E-state index contributed by atoms with van der Waals surface area (Å²) in [5, 5.41) is 6.90. The average Bonchev–Trinajstić information content (AvgIpc) is 3.44. The number of thiazole rings is 1. The van der Waals surface area contributed by atoms with Crippen LogP contribution in [0.4, 0.5) is 5.13 Å². The molecule has 0 atom stereocenters. The molecule has 1 N–H and O–H groups in total. The van der Waals surface area contributed by atoms with Crippen molar-refractivity contribution in [2.45, 2.75) is 43.5 Å². The fourth-order valence-electron chi connectivity index (χ4n) is 3.67. The van der Waals surface area contributed by atoms with Gasteiger partial charge in [-0.1, -0.05) is 6.42 Å². The lowest BCUT2D eigenvalue weighted by Crippen LogP contribution is -2.29. The zero-order valence-electron chi connectivity index (χ0n) is 15.6. The van der Waals surface area contributed by atoms with Crippen molar-refractivity contribution in [2.75, 3.05) is 31.5 Å². The lowest BCUT2D eigenvalue weighted by Gasteiger charge is -2.25. The second kappa shape index (κ2) is 8.58. The summed E-state index contributed by atoms with van der Waals surface area (Å²) in [5.41, 5.74) is 0.943. The second-order valence-electron chi connectivity index (χ2n) is 7.16. The smallest absolute Gasteiger partial charge is 0.268 e. The number of hydrogen-bond donors (Lipinski definition) is 1. The van der Waals surface area contributed by atoms with Crippen LogP contribution in [0.15, 0.2) is 21.7 Å². The molecule has 2 saturated heterocycles. The van der Waals surface area contributed by atoms with Gasteiger partial charge in [-0.05, 0) is 50.2 Å². The molecular formula is C18H24N4O3S3. The van der Waals surface area contributed by atoms with Crippen LogP contribution in [0, 0.1) is 0 Å². The van der Waals surface area contributed by atoms with Gasteiger partial charge in [-0.3, -0.25) is 15.0 Å². The fourth-order valence-corrected chi connectivity index (χ4v) is 7.18. The lowest BCUT2D eigenvalue weighted by atomic mass is 10.1. The van der Waals surface area contributed by atoms with Gasteiger partial charge in [0.1, 0.15) is 9.77 Å². The molecule has 2 aromatic heterocycles. The number of carbonyl (C=O) groups is 1. The molecule has 0 spiro atoms. The van der Waals surface area contributed by atoms with Crippen LogP contribution in [0.25, 0.3) is 0 Å². The van der Waals surface area contributed by atoms with E-state index in [0.717, 1.165) is 49.5 Å². The molecule has 0 unspecified atom stereocenters. The van der Waals surface area contributed by atoms with Crippen molar-refractivity contribution in [1.82, 2.24) is 14.2 Å². The van der Waals surface area contributed by atoms with Gasteiger partial charge < -0.3 is 0 Å². The third kappa shape index (κ3) is 4.30. The maximum atomic E-state index is 12.8. The number of anilines is 1. The molecular weight excluding hydrogens is 416 g/mol. The monoisotopic (exact) mass is 440 g/mol. The summed E-state index contributed by atoms with van der Waals surface area (Å²) in [7, 11) is -3.62. The largest absolute Gasteiger partial charge is 0.297 e. The molecule has 0 aliphatic carbocycles. The Kier molecular flexibility index (Phi) is 6.12. The van der Waals surface area contributed by atoms with E-state index >= 15 is 0 Å². The predicted molar refractivity (Wildman–Crippen MR) is 112 cm³/mol. The molecule has 0 aromatic carbocycles. The SMILES string of the molecule is O=C(Nc1nc(CN2CCCCC2)cs1)c1sccc1S(=O)(=O)N1CCCC1. The van der Waals surface area contributed by atoms with E-state index in [2.05, 4.69) is 15.2 Å². The van der Waals surface area contributed by atoms with E-state index in [9.17, 15) is 13.2 Å². The molecule has 28 heavy (non-hydrogen) atoms. The number of sulfonamides is 1. The normalized spacial score (nSPS) is 19.1. The topological polar surface area (TPSA) is 82.6 Å². The highest BCUT2D eigenvalue weighted by Crippen LogP contribution is 2.29. The first kappa shape index (κ1) is 20.0. The summed E-state index contributed by atoms with van der Waals surface area (Å²) in [6, 6.07) is 1.52. The zero-order valence-corrected chi connectivity index (χ0v) is 18.0. The highest BCUT2D eigenvalue weighted by atomic mass is 32.2. The number of carbonyl (C=O) groups excluding carboxylic acids is 1. The highest BCUT2D eigenvalue weighted by molar-refractivity contribution is 7.89. The van der Waals surface area contributed by atoms with Gasteiger partial charge in [-0.25, -0.2) is 13.4 Å². The Morgan fingerprint density at radius 3 is 2.54 bits per heavy atom. The van der Waals surface area contributed by atoms with Crippen LogP contribution >= 0.6 is 22.7 Å². The molecule has 4 heterocycles. The van der Waals surface area contributed by atoms with E-state index in [1.807, 2.05) is 5.38 Å². The van der Waals surface area contributed by atoms with E-state index < -0.39 is 15.9 Å². The van der Waals surface area contributed by atoms with Crippen molar-refractivity contribution >= 4 is 43.7 Å². The van der Waals surface area contributed by atoms with Gasteiger partial charge in [0.05, 0.1) is 5.69 Å². The van der Waals surface area contributed by atoms with Crippen molar-refractivity contribution in [1.29, 1.82) is 0 Å². The van der Waals surface area contributed by atoms with E-state index in [1.54, 1.807) is 5.38 Å². The van der Waals surface area contributed by atoms with Crippen LogP contribution in [0.3, 0.4) is 0 Å². The number of nitrogens with zero attached hydrogens (tertiary/aromatic N) is 3. The number of thiophene rings is 1. The first-order valence-electron chi connectivity index (χ1n) is 9.60. The van der Waals surface area contributed by atoms with Crippen molar-refractivity contribution < 1.29 is 13.2 Å². The van der Waals surface area contributed by atoms with Gasteiger partial charge in [0.25, 0.3) is 5.91 Å². The molecule has 2 fully saturated rings. The third-order valence-corrected chi connectivity index (χ3v) is 8.91. The van der Waals surface area contributed by atoms with Crippen LogP contribution in [-0.4, -0.2) is 54.7 Å². The molecule has 152 valence electrons. The fraction of sp³-hybridized carbons (Fsp3) is 0.556. The van der Waals surface area contributed by atoms with Crippen LogP contribution in [0.5, 0.6) is 0 Å². The summed E-state index contributed by atoms with van der Waals surface area (Å²) >= 11 is 2.53. The van der Waals surface area contributed by atoms with Gasteiger partial charge in [0.2, 0.25) is 10.0 Å². The summed E-state index contributed by atoms with van der Waals surface area (Å²) in [6.07, 6.45) is 5.47. The quantitative estimate of drug-likeness (QED) is 0.746. The van der Waals surface area contributed by atoms with Gasteiger partial charge in [0.15, 0.2) is 5.13 Å². The maximum Gasteiger partial charge on any atom is 0.268 e. The third-order valence-electron chi connectivity index (χ3n) is 5.12. The standard InChI is InChI=1S/C18H24N4O3S3/c23-17(16-15(6-11-26-16)28(24,25)22-9-4-5-10-22)20-18-19-14(13-27-18)12-21-7-2-1-3-8-21/h6,11,13H,1-5,7-10,12H2,(H,19,20,23). The number of hydrogen-bond acceptors (Lipinski definition) is 7. The zero-order chi connectivity index (χ0) is 19.6.